The van der Waals surface area contributed by atoms with E-state index < -0.39 is 0 Å². The predicted molar refractivity (Wildman–Crippen MR) is 55.2 cm³/mol. The van der Waals surface area contributed by atoms with E-state index in [9.17, 15) is 4.79 Å². The number of ether oxygens (including phenoxy) is 1. The highest BCUT2D eigenvalue weighted by atomic mass is 16.5. The van der Waals surface area contributed by atoms with Crippen molar-refractivity contribution < 1.29 is 9.53 Å². The van der Waals surface area contributed by atoms with Crippen LogP contribution in [-0.2, 0) is 0 Å². The van der Waals surface area contributed by atoms with Crippen LogP contribution in [0.1, 0.15) is 23.7 Å². The number of rotatable bonds is 5. The standard InChI is InChI=1S/C11H12N2O2/c1-11(12-13-11)6-7-15-10-4-2-9(8-14)3-5-10/h2-5,8H,6-7H2,1H3. The van der Waals surface area contributed by atoms with Gasteiger partial charge in [0.05, 0.1) is 6.61 Å². The number of benzene rings is 1. The summed E-state index contributed by atoms with van der Waals surface area (Å²) in [6.07, 6.45) is 1.61. The molecule has 1 aromatic carbocycles. The summed E-state index contributed by atoms with van der Waals surface area (Å²) in [5.74, 6) is 0.768. The third-order valence-electron chi connectivity index (χ3n) is 2.30. The van der Waals surface area contributed by atoms with E-state index in [1.807, 2.05) is 6.92 Å². The number of hydrogen-bond donors (Lipinski definition) is 0. The summed E-state index contributed by atoms with van der Waals surface area (Å²) in [6, 6.07) is 7.03. The average Bonchev–Trinajstić information content (AvgIpc) is 2.98. The van der Waals surface area contributed by atoms with Crippen LogP contribution in [0.4, 0.5) is 0 Å². The highest BCUT2D eigenvalue weighted by molar-refractivity contribution is 5.74. The smallest absolute Gasteiger partial charge is 0.191 e. The Hall–Kier alpha value is -1.71. The zero-order chi connectivity index (χ0) is 10.7. The van der Waals surface area contributed by atoms with Crippen molar-refractivity contribution in [3.63, 3.8) is 0 Å². The van der Waals surface area contributed by atoms with Gasteiger partial charge in [-0.25, -0.2) is 0 Å². The zero-order valence-corrected chi connectivity index (χ0v) is 8.51. The van der Waals surface area contributed by atoms with Crippen molar-refractivity contribution in [3.8, 4) is 5.75 Å². The van der Waals surface area contributed by atoms with Gasteiger partial charge in [-0.15, -0.1) is 0 Å². The van der Waals surface area contributed by atoms with Crippen LogP contribution >= 0.6 is 0 Å². The van der Waals surface area contributed by atoms with E-state index in [-0.39, 0.29) is 5.66 Å². The maximum Gasteiger partial charge on any atom is 0.191 e. The molecule has 0 bridgehead atoms. The van der Waals surface area contributed by atoms with Crippen molar-refractivity contribution in [2.45, 2.75) is 19.0 Å². The molecule has 2 rings (SSSR count). The van der Waals surface area contributed by atoms with E-state index in [2.05, 4.69) is 10.2 Å². The molecule has 0 atom stereocenters. The minimum absolute atomic E-state index is 0.206. The van der Waals surface area contributed by atoms with E-state index in [0.29, 0.717) is 12.2 Å². The first-order chi connectivity index (χ1) is 7.22. The monoisotopic (exact) mass is 204 g/mol. The lowest BCUT2D eigenvalue weighted by Crippen LogP contribution is -2.10. The molecular weight excluding hydrogens is 192 g/mol. The molecule has 0 N–H and O–H groups in total. The molecule has 4 nitrogen and oxygen atoms in total. The molecule has 4 heteroatoms. The summed E-state index contributed by atoms with van der Waals surface area (Å²) in [7, 11) is 0. The van der Waals surface area contributed by atoms with E-state index >= 15 is 0 Å². The molecule has 0 aliphatic carbocycles. The minimum atomic E-state index is -0.206. The second kappa shape index (κ2) is 3.81. The van der Waals surface area contributed by atoms with Crippen molar-refractivity contribution >= 4 is 6.29 Å². The van der Waals surface area contributed by atoms with Gasteiger partial charge in [0.15, 0.2) is 5.66 Å². The summed E-state index contributed by atoms with van der Waals surface area (Å²) in [4.78, 5) is 10.4. The maximum atomic E-state index is 10.4. The van der Waals surface area contributed by atoms with Crippen LogP contribution in [0.15, 0.2) is 34.5 Å². The van der Waals surface area contributed by atoms with Gasteiger partial charge >= 0.3 is 0 Å². The zero-order valence-electron chi connectivity index (χ0n) is 8.51. The summed E-state index contributed by atoms with van der Waals surface area (Å²) in [5.41, 5.74) is 0.449. The third kappa shape index (κ3) is 2.62. The molecule has 1 aromatic rings. The molecule has 0 saturated heterocycles. The molecular formula is C11H12N2O2. The van der Waals surface area contributed by atoms with Gasteiger partial charge in [0.2, 0.25) is 0 Å². The topological polar surface area (TPSA) is 51.0 Å². The number of carbonyl (C=O) groups excluding carboxylic acids is 1. The van der Waals surface area contributed by atoms with E-state index in [4.69, 9.17) is 4.74 Å². The first-order valence-electron chi connectivity index (χ1n) is 4.84. The minimum Gasteiger partial charge on any atom is -0.493 e. The fourth-order valence-corrected chi connectivity index (χ4v) is 1.19. The van der Waals surface area contributed by atoms with Gasteiger partial charge in [-0.05, 0) is 31.2 Å². The average molecular weight is 204 g/mol. The second-order valence-electron chi connectivity index (χ2n) is 3.70. The lowest BCUT2D eigenvalue weighted by molar-refractivity contribution is 0.112. The summed E-state index contributed by atoms with van der Waals surface area (Å²) >= 11 is 0. The van der Waals surface area contributed by atoms with Crippen LogP contribution in [-0.4, -0.2) is 18.6 Å². The summed E-state index contributed by atoms with van der Waals surface area (Å²) in [5, 5.41) is 7.78. The molecule has 0 saturated carbocycles. The molecule has 0 unspecified atom stereocenters. The Balaban J connectivity index is 1.80. The van der Waals surface area contributed by atoms with Crippen molar-refractivity contribution in [1.29, 1.82) is 0 Å². The lowest BCUT2D eigenvalue weighted by atomic mass is 10.2. The fraction of sp³-hybridized carbons (Fsp3) is 0.364. The number of carbonyl (C=O) groups is 1. The van der Waals surface area contributed by atoms with Crippen molar-refractivity contribution in [2.75, 3.05) is 6.61 Å². The van der Waals surface area contributed by atoms with Gasteiger partial charge in [0.25, 0.3) is 0 Å². The summed E-state index contributed by atoms with van der Waals surface area (Å²) < 4.78 is 5.49. The number of aldehydes is 1. The Bertz CT molecular complexity index is 378. The molecule has 15 heavy (non-hydrogen) atoms. The first kappa shape index (κ1) is 9.83. The van der Waals surface area contributed by atoms with Gasteiger partial charge in [-0.2, -0.15) is 10.2 Å². The Morgan fingerprint density at radius 2 is 2.00 bits per heavy atom. The van der Waals surface area contributed by atoms with Crippen LogP contribution in [0.5, 0.6) is 5.75 Å². The van der Waals surface area contributed by atoms with Crippen LogP contribution in [0, 0.1) is 0 Å². The highest BCUT2D eigenvalue weighted by Crippen LogP contribution is 2.30. The second-order valence-corrected chi connectivity index (χ2v) is 3.70. The fourth-order valence-electron chi connectivity index (χ4n) is 1.19. The van der Waals surface area contributed by atoms with Crippen molar-refractivity contribution in [2.24, 2.45) is 10.2 Å². The van der Waals surface area contributed by atoms with Crippen LogP contribution in [0.2, 0.25) is 0 Å². The van der Waals surface area contributed by atoms with E-state index in [1.165, 1.54) is 0 Å². The molecule has 0 radical (unpaired) electrons. The Labute approximate surface area is 88.0 Å². The van der Waals surface area contributed by atoms with E-state index in [1.54, 1.807) is 24.3 Å². The number of hydrogen-bond acceptors (Lipinski definition) is 4. The van der Waals surface area contributed by atoms with Gasteiger partial charge < -0.3 is 4.74 Å². The molecule has 1 heterocycles. The van der Waals surface area contributed by atoms with Crippen molar-refractivity contribution in [3.05, 3.63) is 29.8 Å². The normalized spacial score (nSPS) is 16.1. The van der Waals surface area contributed by atoms with Gasteiger partial charge in [0, 0.05) is 12.0 Å². The van der Waals surface area contributed by atoms with E-state index in [0.717, 1.165) is 18.5 Å². The maximum absolute atomic E-state index is 10.4. The molecule has 0 aromatic heterocycles. The van der Waals surface area contributed by atoms with Gasteiger partial charge in [0.1, 0.15) is 12.0 Å². The van der Waals surface area contributed by atoms with Gasteiger partial charge in [-0.1, -0.05) is 0 Å². The molecule has 1 aliphatic heterocycles. The van der Waals surface area contributed by atoms with Crippen LogP contribution < -0.4 is 4.74 Å². The number of nitrogens with zero attached hydrogens (tertiary/aromatic N) is 2. The molecule has 0 spiro atoms. The quantitative estimate of drug-likeness (QED) is 0.692. The Morgan fingerprint density at radius 1 is 1.33 bits per heavy atom. The Kier molecular flexibility index (Phi) is 2.49. The molecule has 0 fully saturated rings. The lowest BCUT2D eigenvalue weighted by Gasteiger charge is -2.07. The van der Waals surface area contributed by atoms with Crippen molar-refractivity contribution in [1.82, 2.24) is 0 Å². The largest absolute Gasteiger partial charge is 0.493 e. The summed E-state index contributed by atoms with van der Waals surface area (Å²) in [6.45, 7) is 2.55. The van der Waals surface area contributed by atoms with Crippen LogP contribution in [0.3, 0.4) is 0 Å². The third-order valence-corrected chi connectivity index (χ3v) is 2.30. The van der Waals surface area contributed by atoms with Crippen LogP contribution in [0.25, 0.3) is 0 Å². The molecule has 1 aliphatic rings. The first-order valence-corrected chi connectivity index (χ1v) is 4.84. The highest BCUT2D eigenvalue weighted by Gasteiger charge is 2.33. The van der Waals surface area contributed by atoms with Gasteiger partial charge in [-0.3, -0.25) is 4.79 Å². The molecule has 78 valence electrons. The predicted octanol–water partition coefficient (Wildman–Crippen LogP) is 2.45. The Morgan fingerprint density at radius 3 is 2.53 bits per heavy atom. The SMILES string of the molecule is CC1(CCOc2ccc(C=O)cc2)N=N1. The molecule has 0 amide bonds.